The van der Waals surface area contributed by atoms with E-state index in [1.54, 1.807) is 0 Å². The van der Waals surface area contributed by atoms with Gasteiger partial charge in [-0.1, -0.05) is 0 Å². The van der Waals surface area contributed by atoms with Crippen molar-refractivity contribution < 1.29 is 25.5 Å². The predicted molar refractivity (Wildman–Crippen MR) is 64.4 cm³/mol. The van der Waals surface area contributed by atoms with Crippen molar-refractivity contribution in [1.29, 1.82) is 0 Å². The SMILES string of the molecule is OC[C@@H](O)[C@@H](O)[C@H](O)[C@@H](O)C1SCCCS1. The molecular formula is C9H18O5S2. The molecule has 96 valence electrons. The van der Waals surface area contributed by atoms with E-state index in [0.717, 1.165) is 17.9 Å². The van der Waals surface area contributed by atoms with Gasteiger partial charge >= 0.3 is 0 Å². The van der Waals surface area contributed by atoms with Gasteiger partial charge < -0.3 is 25.5 Å². The van der Waals surface area contributed by atoms with Crippen molar-refractivity contribution in [2.45, 2.75) is 35.4 Å². The summed E-state index contributed by atoms with van der Waals surface area (Å²) in [6, 6.07) is 0. The van der Waals surface area contributed by atoms with Crippen LogP contribution in [0.3, 0.4) is 0 Å². The Hall–Kier alpha value is 0.500. The van der Waals surface area contributed by atoms with Crippen LogP contribution < -0.4 is 0 Å². The van der Waals surface area contributed by atoms with Crippen molar-refractivity contribution in [3.8, 4) is 0 Å². The highest BCUT2D eigenvalue weighted by molar-refractivity contribution is 8.17. The minimum Gasteiger partial charge on any atom is -0.394 e. The molecule has 16 heavy (non-hydrogen) atoms. The average Bonchev–Trinajstić information content (AvgIpc) is 2.36. The number of hydrogen-bond donors (Lipinski definition) is 5. The minimum atomic E-state index is -1.52. The molecule has 0 spiro atoms. The molecule has 5 nitrogen and oxygen atoms in total. The van der Waals surface area contributed by atoms with Gasteiger partial charge in [0.25, 0.3) is 0 Å². The number of aliphatic hydroxyl groups is 5. The highest BCUT2D eigenvalue weighted by Gasteiger charge is 2.35. The summed E-state index contributed by atoms with van der Waals surface area (Å²) >= 11 is 3.07. The van der Waals surface area contributed by atoms with Gasteiger partial charge in [-0.2, -0.15) is 0 Å². The number of hydrogen-bond acceptors (Lipinski definition) is 7. The van der Waals surface area contributed by atoms with Gasteiger partial charge in [-0.25, -0.2) is 0 Å². The summed E-state index contributed by atoms with van der Waals surface area (Å²) in [5.41, 5.74) is 0. The highest BCUT2D eigenvalue weighted by Crippen LogP contribution is 2.34. The predicted octanol–water partition coefficient (Wildman–Crippen LogP) is -1.38. The lowest BCUT2D eigenvalue weighted by Gasteiger charge is -2.32. The summed E-state index contributed by atoms with van der Waals surface area (Å²) in [6.45, 7) is -0.643. The Morgan fingerprint density at radius 3 is 2.06 bits per heavy atom. The van der Waals surface area contributed by atoms with Crippen LogP contribution in [0.5, 0.6) is 0 Å². The molecule has 0 aromatic heterocycles. The molecular weight excluding hydrogens is 252 g/mol. The standard InChI is InChI=1S/C9H18O5S2/c10-4-5(11)6(12)7(13)8(14)9-15-2-1-3-16-9/h5-14H,1-4H2/t5-,6-,7+,8-/m1/s1. The maximum atomic E-state index is 9.81. The number of rotatable bonds is 5. The van der Waals surface area contributed by atoms with E-state index in [0.29, 0.717) is 0 Å². The van der Waals surface area contributed by atoms with Crippen LogP contribution in [0.1, 0.15) is 6.42 Å². The van der Waals surface area contributed by atoms with Crippen LogP contribution in [-0.2, 0) is 0 Å². The first-order valence-electron chi connectivity index (χ1n) is 5.14. The molecule has 0 saturated carbocycles. The lowest BCUT2D eigenvalue weighted by Crippen LogP contribution is -2.49. The zero-order valence-electron chi connectivity index (χ0n) is 8.77. The first-order chi connectivity index (χ1) is 7.57. The Labute approximate surface area is 103 Å². The van der Waals surface area contributed by atoms with E-state index >= 15 is 0 Å². The van der Waals surface area contributed by atoms with E-state index in [1.165, 1.54) is 23.5 Å². The van der Waals surface area contributed by atoms with Gasteiger partial charge in [0.05, 0.1) is 11.2 Å². The van der Waals surface area contributed by atoms with Gasteiger partial charge in [-0.15, -0.1) is 23.5 Å². The van der Waals surface area contributed by atoms with E-state index in [2.05, 4.69) is 0 Å². The van der Waals surface area contributed by atoms with E-state index in [-0.39, 0.29) is 4.58 Å². The zero-order valence-corrected chi connectivity index (χ0v) is 10.4. The maximum Gasteiger partial charge on any atom is 0.111 e. The third-order valence-electron chi connectivity index (χ3n) is 2.41. The first-order valence-corrected chi connectivity index (χ1v) is 7.24. The summed E-state index contributed by atoms with van der Waals surface area (Å²) in [4.78, 5) is 0. The van der Waals surface area contributed by atoms with Gasteiger partial charge in [-0.05, 0) is 17.9 Å². The van der Waals surface area contributed by atoms with Crippen LogP contribution in [0.15, 0.2) is 0 Å². The summed E-state index contributed by atoms with van der Waals surface area (Å²) in [5, 5.41) is 46.7. The average molecular weight is 270 g/mol. The van der Waals surface area contributed by atoms with Crippen molar-refractivity contribution in [1.82, 2.24) is 0 Å². The second kappa shape index (κ2) is 7.05. The van der Waals surface area contributed by atoms with Crippen LogP contribution >= 0.6 is 23.5 Å². The maximum absolute atomic E-state index is 9.81. The Bertz CT molecular complexity index is 194. The van der Waals surface area contributed by atoms with Crippen molar-refractivity contribution in [3.05, 3.63) is 0 Å². The minimum absolute atomic E-state index is 0.190. The molecule has 0 unspecified atom stereocenters. The molecule has 0 aromatic carbocycles. The van der Waals surface area contributed by atoms with Crippen LogP contribution in [-0.4, -0.2) is 72.6 Å². The number of thioether (sulfide) groups is 2. The van der Waals surface area contributed by atoms with Crippen molar-refractivity contribution in [2.24, 2.45) is 0 Å². The van der Waals surface area contributed by atoms with E-state index in [4.69, 9.17) is 10.2 Å². The molecule has 4 atom stereocenters. The van der Waals surface area contributed by atoms with Crippen molar-refractivity contribution in [3.63, 3.8) is 0 Å². The number of aliphatic hydroxyl groups excluding tert-OH is 5. The van der Waals surface area contributed by atoms with Crippen LogP contribution in [0.25, 0.3) is 0 Å². The molecule has 1 saturated heterocycles. The lowest BCUT2D eigenvalue weighted by atomic mass is 10.0. The van der Waals surface area contributed by atoms with Crippen LogP contribution in [0.4, 0.5) is 0 Å². The summed E-state index contributed by atoms with van der Waals surface area (Å²) in [5.74, 6) is 1.83. The Morgan fingerprint density at radius 1 is 1.00 bits per heavy atom. The first kappa shape index (κ1) is 14.6. The summed E-state index contributed by atoms with van der Waals surface area (Å²) in [6.07, 6.45) is -4.43. The van der Waals surface area contributed by atoms with Gasteiger partial charge in [-0.3, -0.25) is 0 Å². The Morgan fingerprint density at radius 2 is 1.56 bits per heavy atom. The van der Waals surface area contributed by atoms with Gasteiger partial charge in [0, 0.05) is 0 Å². The van der Waals surface area contributed by atoms with Gasteiger partial charge in [0.2, 0.25) is 0 Å². The van der Waals surface area contributed by atoms with E-state index in [9.17, 15) is 15.3 Å². The van der Waals surface area contributed by atoms with Crippen molar-refractivity contribution >= 4 is 23.5 Å². The fourth-order valence-corrected chi connectivity index (χ4v) is 4.35. The summed E-state index contributed by atoms with van der Waals surface area (Å²) in [7, 11) is 0. The largest absolute Gasteiger partial charge is 0.394 e. The molecule has 0 aliphatic carbocycles. The molecule has 1 rings (SSSR count). The Kier molecular flexibility index (Phi) is 6.42. The second-order valence-electron chi connectivity index (χ2n) is 3.69. The molecule has 5 N–H and O–H groups in total. The molecule has 0 bridgehead atoms. The zero-order chi connectivity index (χ0) is 12.1. The highest BCUT2D eigenvalue weighted by atomic mass is 32.2. The van der Waals surface area contributed by atoms with Crippen LogP contribution in [0.2, 0.25) is 0 Å². The van der Waals surface area contributed by atoms with Crippen molar-refractivity contribution in [2.75, 3.05) is 18.1 Å². The lowest BCUT2D eigenvalue weighted by molar-refractivity contribution is -0.111. The monoisotopic (exact) mass is 270 g/mol. The fourth-order valence-electron chi connectivity index (χ4n) is 1.40. The van der Waals surface area contributed by atoms with E-state index in [1.807, 2.05) is 0 Å². The molecule has 1 aliphatic rings. The van der Waals surface area contributed by atoms with Gasteiger partial charge in [0.15, 0.2) is 0 Å². The smallest absolute Gasteiger partial charge is 0.111 e. The third-order valence-corrected chi connectivity index (χ3v) is 5.49. The van der Waals surface area contributed by atoms with E-state index < -0.39 is 31.0 Å². The molecule has 0 aromatic rings. The molecule has 0 amide bonds. The topological polar surface area (TPSA) is 101 Å². The Balaban J connectivity index is 2.47. The molecule has 0 radical (unpaired) electrons. The van der Waals surface area contributed by atoms with Gasteiger partial charge in [0.1, 0.15) is 24.4 Å². The fraction of sp³-hybridized carbons (Fsp3) is 1.00. The third kappa shape index (κ3) is 3.76. The molecule has 1 heterocycles. The second-order valence-corrected chi connectivity index (χ2v) is 6.48. The van der Waals surface area contributed by atoms with Crippen LogP contribution in [0, 0.1) is 0 Å². The molecule has 1 aliphatic heterocycles. The molecule has 7 heteroatoms. The normalized spacial score (nSPS) is 26.1. The quantitative estimate of drug-likeness (QED) is 0.420. The summed E-state index contributed by atoms with van der Waals surface area (Å²) < 4.78 is -0.190. The molecule has 1 fully saturated rings.